The molecule has 9 heteroatoms. The lowest BCUT2D eigenvalue weighted by Gasteiger charge is -2.02. The van der Waals surface area contributed by atoms with E-state index in [2.05, 4.69) is 10.3 Å². The molecule has 0 fully saturated rings. The second kappa shape index (κ2) is 4.37. The average Bonchev–Trinajstić information content (AvgIpc) is 2.12. The van der Waals surface area contributed by atoms with Gasteiger partial charge < -0.3 is 10.4 Å². The maximum absolute atomic E-state index is 11.0. The Labute approximate surface area is 81.9 Å². The molecule has 4 N–H and O–H groups in total. The number of hydrogen-bond donors (Lipinski definition) is 4. The van der Waals surface area contributed by atoms with Crippen LogP contribution in [0.4, 0.5) is 11.5 Å². The van der Waals surface area contributed by atoms with Crippen molar-refractivity contribution in [3.63, 3.8) is 0 Å². The molecule has 1 aromatic rings. The molecule has 0 saturated carbocycles. The van der Waals surface area contributed by atoms with Crippen LogP contribution in [0.3, 0.4) is 0 Å². The van der Waals surface area contributed by atoms with Crippen molar-refractivity contribution in [2.75, 3.05) is 18.5 Å². The SMILES string of the molecule is O=c1[nH]c(NCCO)c([N+](=O)[O-])c(=O)[nH]1. The summed E-state index contributed by atoms with van der Waals surface area (Å²) in [4.78, 5) is 35.2. The van der Waals surface area contributed by atoms with Gasteiger partial charge in [0.05, 0.1) is 11.5 Å². The van der Waals surface area contributed by atoms with Crippen LogP contribution < -0.4 is 16.6 Å². The van der Waals surface area contributed by atoms with Crippen molar-refractivity contribution in [3.8, 4) is 0 Å². The Morgan fingerprint density at radius 2 is 2.07 bits per heavy atom. The molecule has 0 bridgehead atoms. The molecule has 0 aliphatic carbocycles. The van der Waals surface area contributed by atoms with Gasteiger partial charge in [0.1, 0.15) is 0 Å². The Balaban J connectivity index is 3.27. The fraction of sp³-hybridized carbons (Fsp3) is 0.333. The highest BCUT2D eigenvalue weighted by atomic mass is 16.6. The first-order valence-corrected chi connectivity index (χ1v) is 3.92. The van der Waals surface area contributed by atoms with Crippen LogP contribution in [-0.2, 0) is 0 Å². The van der Waals surface area contributed by atoms with Crippen LogP contribution >= 0.6 is 0 Å². The molecule has 1 heterocycles. The maximum Gasteiger partial charge on any atom is 0.373 e. The van der Waals surface area contributed by atoms with Gasteiger partial charge in [-0.05, 0) is 0 Å². The monoisotopic (exact) mass is 216 g/mol. The summed E-state index contributed by atoms with van der Waals surface area (Å²) in [6.07, 6.45) is 0. The number of H-pyrrole nitrogens is 2. The van der Waals surface area contributed by atoms with E-state index in [1.807, 2.05) is 0 Å². The van der Waals surface area contributed by atoms with Gasteiger partial charge in [-0.1, -0.05) is 0 Å². The number of rotatable bonds is 4. The van der Waals surface area contributed by atoms with Gasteiger partial charge in [0.15, 0.2) is 5.82 Å². The van der Waals surface area contributed by atoms with Crippen LogP contribution in [-0.4, -0.2) is 33.1 Å². The van der Waals surface area contributed by atoms with E-state index in [0.717, 1.165) is 0 Å². The van der Waals surface area contributed by atoms with E-state index in [1.165, 1.54) is 0 Å². The number of aromatic nitrogens is 2. The van der Waals surface area contributed by atoms with Crippen LogP contribution in [0.1, 0.15) is 0 Å². The Hall–Kier alpha value is -2.16. The number of anilines is 1. The summed E-state index contributed by atoms with van der Waals surface area (Å²) in [7, 11) is 0. The summed E-state index contributed by atoms with van der Waals surface area (Å²) >= 11 is 0. The first-order chi connectivity index (χ1) is 7.06. The molecule has 0 aliphatic rings. The van der Waals surface area contributed by atoms with Crippen molar-refractivity contribution < 1.29 is 10.0 Å². The Bertz CT molecular complexity index is 475. The standard InChI is InChI=1S/C6H8N4O5/c11-2-1-7-4-3(10(14)15)5(12)9-6(13)8-4/h11H,1-2H2,(H3,7,8,9,12,13). The molecular formula is C6H8N4O5. The molecule has 15 heavy (non-hydrogen) atoms. The molecule has 1 rings (SSSR count). The lowest BCUT2D eigenvalue weighted by molar-refractivity contribution is -0.385. The third kappa shape index (κ3) is 2.40. The zero-order valence-corrected chi connectivity index (χ0v) is 7.44. The fourth-order valence-electron chi connectivity index (χ4n) is 0.963. The highest BCUT2D eigenvalue weighted by molar-refractivity contribution is 5.53. The number of aliphatic hydroxyl groups is 1. The summed E-state index contributed by atoms with van der Waals surface area (Å²) in [5.74, 6) is -0.317. The largest absolute Gasteiger partial charge is 0.395 e. The van der Waals surface area contributed by atoms with Crippen molar-refractivity contribution in [1.82, 2.24) is 9.97 Å². The molecule has 0 saturated heterocycles. The third-order valence-corrected chi connectivity index (χ3v) is 1.51. The number of aromatic amines is 2. The number of nitrogens with zero attached hydrogens (tertiary/aromatic N) is 1. The van der Waals surface area contributed by atoms with Crippen LogP contribution in [0.25, 0.3) is 0 Å². The van der Waals surface area contributed by atoms with Gasteiger partial charge in [0.2, 0.25) is 0 Å². The van der Waals surface area contributed by atoms with Crippen LogP contribution in [0, 0.1) is 10.1 Å². The molecule has 0 aromatic carbocycles. The maximum atomic E-state index is 11.0. The molecule has 0 unspecified atom stereocenters. The molecule has 9 nitrogen and oxygen atoms in total. The Morgan fingerprint density at radius 1 is 1.40 bits per heavy atom. The number of nitro groups is 1. The van der Waals surface area contributed by atoms with Gasteiger partial charge in [0, 0.05) is 6.54 Å². The van der Waals surface area contributed by atoms with Crippen molar-refractivity contribution in [2.24, 2.45) is 0 Å². The van der Waals surface area contributed by atoms with Crippen molar-refractivity contribution >= 4 is 11.5 Å². The number of aliphatic hydroxyl groups excluding tert-OH is 1. The predicted molar refractivity (Wildman–Crippen MR) is 49.9 cm³/mol. The van der Waals surface area contributed by atoms with Gasteiger partial charge in [-0.25, -0.2) is 4.79 Å². The van der Waals surface area contributed by atoms with E-state index in [0.29, 0.717) is 0 Å². The number of nitrogens with one attached hydrogen (secondary N) is 3. The first kappa shape index (κ1) is 10.9. The fourth-order valence-corrected chi connectivity index (χ4v) is 0.963. The summed E-state index contributed by atoms with van der Waals surface area (Å²) in [5, 5.41) is 21.3. The Morgan fingerprint density at radius 3 is 2.60 bits per heavy atom. The molecule has 0 amide bonds. The molecule has 82 valence electrons. The van der Waals surface area contributed by atoms with Crippen molar-refractivity contribution in [2.45, 2.75) is 0 Å². The Kier molecular flexibility index (Phi) is 3.18. The van der Waals surface area contributed by atoms with E-state index in [9.17, 15) is 19.7 Å². The highest BCUT2D eigenvalue weighted by Gasteiger charge is 2.20. The lowest BCUT2D eigenvalue weighted by Crippen LogP contribution is -2.27. The minimum absolute atomic E-state index is 0.0137. The normalized spacial score (nSPS) is 9.93. The second-order valence-electron chi connectivity index (χ2n) is 2.54. The molecular weight excluding hydrogens is 208 g/mol. The predicted octanol–water partition coefficient (Wildman–Crippen LogP) is -1.62. The molecule has 0 aliphatic heterocycles. The number of hydrogen-bond acceptors (Lipinski definition) is 6. The van der Waals surface area contributed by atoms with Crippen LogP contribution in [0.2, 0.25) is 0 Å². The average molecular weight is 216 g/mol. The zero-order chi connectivity index (χ0) is 11.4. The summed E-state index contributed by atoms with van der Waals surface area (Å²) in [5.41, 5.74) is -2.74. The zero-order valence-electron chi connectivity index (χ0n) is 7.44. The smallest absolute Gasteiger partial charge is 0.373 e. The minimum Gasteiger partial charge on any atom is -0.395 e. The van der Waals surface area contributed by atoms with E-state index < -0.39 is 21.9 Å². The van der Waals surface area contributed by atoms with E-state index in [1.54, 1.807) is 4.98 Å². The lowest BCUT2D eigenvalue weighted by atomic mass is 10.4. The summed E-state index contributed by atoms with van der Waals surface area (Å²) < 4.78 is 0. The van der Waals surface area contributed by atoms with Crippen LogP contribution in [0.5, 0.6) is 0 Å². The first-order valence-electron chi connectivity index (χ1n) is 3.92. The quantitative estimate of drug-likeness (QED) is 0.352. The van der Waals surface area contributed by atoms with Gasteiger partial charge >= 0.3 is 16.9 Å². The summed E-state index contributed by atoms with van der Waals surface area (Å²) in [6.45, 7) is -0.299. The van der Waals surface area contributed by atoms with E-state index >= 15 is 0 Å². The van der Waals surface area contributed by atoms with Gasteiger partial charge in [-0.3, -0.25) is 24.9 Å². The van der Waals surface area contributed by atoms with Gasteiger partial charge in [-0.15, -0.1) is 0 Å². The van der Waals surface area contributed by atoms with E-state index in [-0.39, 0.29) is 19.0 Å². The summed E-state index contributed by atoms with van der Waals surface area (Å²) in [6, 6.07) is 0. The highest BCUT2D eigenvalue weighted by Crippen LogP contribution is 2.12. The van der Waals surface area contributed by atoms with Crippen molar-refractivity contribution in [1.29, 1.82) is 0 Å². The second-order valence-corrected chi connectivity index (χ2v) is 2.54. The molecule has 0 radical (unpaired) electrons. The van der Waals surface area contributed by atoms with E-state index in [4.69, 9.17) is 5.11 Å². The molecule has 0 spiro atoms. The molecule has 0 atom stereocenters. The topological polar surface area (TPSA) is 141 Å². The van der Waals surface area contributed by atoms with Crippen molar-refractivity contribution in [3.05, 3.63) is 31.0 Å². The van der Waals surface area contributed by atoms with Crippen LogP contribution in [0.15, 0.2) is 9.59 Å². The minimum atomic E-state index is -1.09. The van der Waals surface area contributed by atoms with Gasteiger partial charge in [0.25, 0.3) is 0 Å². The third-order valence-electron chi connectivity index (χ3n) is 1.51. The van der Waals surface area contributed by atoms with Gasteiger partial charge in [-0.2, -0.15) is 0 Å². The molecule has 1 aromatic heterocycles.